The Hall–Kier alpha value is -1.76. The smallest absolute Gasteiger partial charge is 0.149 e. The SMILES string of the molecule is CCC(CC)Nc1ncc(C#N)cc1N. The van der Waals surface area contributed by atoms with Crippen LogP contribution in [0.15, 0.2) is 12.3 Å². The van der Waals surface area contributed by atoms with Crippen molar-refractivity contribution in [1.29, 1.82) is 5.26 Å². The van der Waals surface area contributed by atoms with E-state index in [1.165, 1.54) is 6.20 Å². The van der Waals surface area contributed by atoms with Crippen LogP contribution < -0.4 is 11.1 Å². The number of nitriles is 1. The number of pyridine rings is 1. The lowest BCUT2D eigenvalue weighted by Crippen LogP contribution is -2.18. The molecule has 0 unspecified atom stereocenters. The third-order valence-electron chi connectivity index (χ3n) is 2.37. The monoisotopic (exact) mass is 204 g/mol. The molecule has 0 aromatic carbocycles. The van der Waals surface area contributed by atoms with Gasteiger partial charge in [0.2, 0.25) is 0 Å². The van der Waals surface area contributed by atoms with Crippen LogP contribution in [0.25, 0.3) is 0 Å². The summed E-state index contributed by atoms with van der Waals surface area (Å²) < 4.78 is 0. The summed E-state index contributed by atoms with van der Waals surface area (Å²) >= 11 is 0. The van der Waals surface area contributed by atoms with Crippen LogP contribution in [-0.2, 0) is 0 Å². The lowest BCUT2D eigenvalue weighted by Gasteiger charge is -2.16. The van der Waals surface area contributed by atoms with Gasteiger partial charge in [-0.25, -0.2) is 4.98 Å². The summed E-state index contributed by atoms with van der Waals surface area (Å²) in [4.78, 5) is 4.13. The van der Waals surface area contributed by atoms with E-state index in [1.807, 2.05) is 6.07 Å². The molecule has 15 heavy (non-hydrogen) atoms. The predicted molar refractivity (Wildman–Crippen MR) is 61.4 cm³/mol. The first-order valence-electron chi connectivity index (χ1n) is 5.13. The molecule has 0 saturated heterocycles. The van der Waals surface area contributed by atoms with Gasteiger partial charge in [-0.3, -0.25) is 0 Å². The molecule has 0 radical (unpaired) electrons. The lowest BCUT2D eigenvalue weighted by molar-refractivity contribution is 0.669. The largest absolute Gasteiger partial charge is 0.396 e. The number of hydrogen-bond donors (Lipinski definition) is 2. The number of anilines is 2. The third kappa shape index (κ3) is 2.84. The van der Waals surface area contributed by atoms with E-state index in [4.69, 9.17) is 11.0 Å². The van der Waals surface area contributed by atoms with Gasteiger partial charge < -0.3 is 11.1 Å². The Balaban J connectivity index is 2.83. The number of aromatic nitrogens is 1. The molecule has 4 nitrogen and oxygen atoms in total. The number of nitrogens with two attached hydrogens (primary N) is 1. The molecule has 0 atom stereocenters. The first kappa shape index (κ1) is 11.3. The zero-order valence-corrected chi connectivity index (χ0v) is 9.12. The van der Waals surface area contributed by atoms with Crippen LogP contribution in [0.3, 0.4) is 0 Å². The zero-order chi connectivity index (χ0) is 11.3. The molecule has 0 aliphatic heterocycles. The highest BCUT2D eigenvalue weighted by Crippen LogP contribution is 2.18. The molecular formula is C11H16N4. The topological polar surface area (TPSA) is 74.7 Å². The molecule has 0 bridgehead atoms. The predicted octanol–water partition coefficient (Wildman–Crippen LogP) is 2.14. The quantitative estimate of drug-likeness (QED) is 0.787. The van der Waals surface area contributed by atoms with Crippen LogP contribution in [0.5, 0.6) is 0 Å². The molecule has 3 N–H and O–H groups in total. The maximum atomic E-state index is 8.66. The lowest BCUT2D eigenvalue weighted by atomic mass is 10.1. The Labute approximate surface area is 90.1 Å². The number of hydrogen-bond acceptors (Lipinski definition) is 4. The van der Waals surface area contributed by atoms with Crippen molar-refractivity contribution in [2.75, 3.05) is 11.1 Å². The standard InChI is InChI=1S/C11H16N4/c1-3-9(4-2)15-11-10(13)5-8(6-12)7-14-11/h5,7,9H,3-4,13H2,1-2H3,(H,14,15). The van der Waals surface area contributed by atoms with Gasteiger partial charge in [0.15, 0.2) is 0 Å². The molecule has 0 spiro atoms. The second kappa shape index (κ2) is 5.20. The van der Waals surface area contributed by atoms with Crippen molar-refractivity contribution in [1.82, 2.24) is 4.98 Å². The van der Waals surface area contributed by atoms with Crippen LogP contribution in [0.4, 0.5) is 11.5 Å². The van der Waals surface area contributed by atoms with Crippen molar-refractivity contribution in [3.63, 3.8) is 0 Å². The van der Waals surface area contributed by atoms with Crippen LogP contribution in [-0.4, -0.2) is 11.0 Å². The van der Waals surface area contributed by atoms with E-state index in [2.05, 4.69) is 24.1 Å². The molecule has 0 aliphatic rings. The van der Waals surface area contributed by atoms with E-state index in [9.17, 15) is 0 Å². The van der Waals surface area contributed by atoms with Crippen molar-refractivity contribution in [3.8, 4) is 6.07 Å². The number of nitrogen functional groups attached to an aromatic ring is 1. The number of nitrogens with one attached hydrogen (secondary N) is 1. The summed E-state index contributed by atoms with van der Waals surface area (Å²) in [5.41, 5.74) is 6.80. The zero-order valence-electron chi connectivity index (χ0n) is 9.12. The van der Waals surface area contributed by atoms with Gasteiger partial charge >= 0.3 is 0 Å². The van der Waals surface area contributed by atoms with Crippen molar-refractivity contribution < 1.29 is 0 Å². The minimum absolute atomic E-state index is 0.382. The van der Waals surface area contributed by atoms with Gasteiger partial charge in [0.05, 0.1) is 11.3 Å². The second-order valence-corrected chi connectivity index (χ2v) is 3.43. The van der Waals surface area contributed by atoms with Crippen LogP contribution in [0, 0.1) is 11.3 Å². The summed E-state index contributed by atoms with van der Waals surface area (Å²) in [5, 5.41) is 11.9. The molecule has 0 aliphatic carbocycles. The minimum atomic E-state index is 0.382. The number of rotatable bonds is 4. The van der Waals surface area contributed by atoms with E-state index >= 15 is 0 Å². The Morgan fingerprint density at radius 2 is 2.20 bits per heavy atom. The van der Waals surface area contributed by atoms with Crippen LogP contribution in [0.2, 0.25) is 0 Å². The maximum absolute atomic E-state index is 8.66. The summed E-state index contributed by atoms with van der Waals surface area (Å²) in [5.74, 6) is 0.669. The number of nitrogens with zero attached hydrogens (tertiary/aromatic N) is 2. The van der Waals surface area contributed by atoms with Crippen molar-refractivity contribution in [2.45, 2.75) is 32.7 Å². The van der Waals surface area contributed by atoms with Gasteiger partial charge in [-0.05, 0) is 18.9 Å². The average molecular weight is 204 g/mol. The molecule has 1 aromatic rings. The van der Waals surface area contributed by atoms with Gasteiger partial charge in [0.25, 0.3) is 0 Å². The van der Waals surface area contributed by atoms with E-state index in [1.54, 1.807) is 6.07 Å². The van der Waals surface area contributed by atoms with Crippen molar-refractivity contribution >= 4 is 11.5 Å². The highest BCUT2D eigenvalue weighted by Gasteiger charge is 2.07. The van der Waals surface area contributed by atoms with E-state index < -0.39 is 0 Å². The van der Waals surface area contributed by atoms with Crippen LogP contribution in [0.1, 0.15) is 32.3 Å². The highest BCUT2D eigenvalue weighted by atomic mass is 15.0. The van der Waals surface area contributed by atoms with Gasteiger partial charge in [-0.2, -0.15) is 5.26 Å². The fourth-order valence-corrected chi connectivity index (χ4v) is 1.35. The van der Waals surface area contributed by atoms with E-state index in [-0.39, 0.29) is 0 Å². The molecule has 80 valence electrons. The molecule has 4 heteroatoms. The average Bonchev–Trinajstić information content (AvgIpc) is 2.27. The van der Waals surface area contributed by atoms with Gasteiger partial charge in [-0.15, -0.1) is 0 Å². The molecule has 1 aromatic heterocycles. The van der Waals surface area contributed by atoms with E-state index in [0.29, 0.717) is 23.1 Å². The van der Waals surface area contributed by atoms with Gasteiger partial charge in [0.1, 0.15) is 11.9 Å². The summed E-state index contributed by atoms with van der Waals surface area (Å²) in [6, 6.07) is 4.02. The first-order chi connectivity index (χ1) is 7.21. The normalized spacial score (nSPS) is 10.0. The minimum Gasteiger partial charge on any atom is -0.396 e. The molecule has 0 amide bonds. The molecule has 1 rings (SSSR count). The van der Waals surface area contributed by atoms with Crippen LogP contribution >= 0.6 is 0 Å². The Kier molecular flexibility index (Phi) is 3.92. The van der Waals surface area contributed by atoms with Gasteiger partial charge in [-0.1, -0.05) is 13.8 Å². The molecule has 1 heterocycles. The first-order valence-corrected chi connectivity index (χ1v) is 5.13. The maximum Gasteiger partial charge on any atom is 0.149 e. The Bertz CT molecular complexity index is 363. The fraction of sp³-hybridized carbons (Fsp3) is 0.455. The fourth-order valence-electron chi connectivity index (χ4n) is 1.35. The summed E-state index contributed by atoms with van der Waals surface area (Å²) in [6.07, 6.45) is 3.58. The Morgan fingerprint density at radius 1 is 1.53 bits per heavy atom. The third-order valence-corrected chi connectivity index (χ3v) is 2.37. The highest BCUT2D eigenvalue weighted by molar-refractivity contribution is 5.63. The Morgan fingerprint density at radius 3 is 2.67 bits per heavy atom. The van der Waals surface area contributed by atoms with Gasteiger partial charge in [0, 0.05) is 12.2 Å². The summed E-state index contributed by atoms with van der Waals surface area (Å²) in [7, 11) is 0. The molecular weight excluding hydrogens is 188 g/mol. The van der Waals surface area contributed by atoms with Crippen molar-refractivity contribution in [3.05, 3.63) is 17.8 Å². The van der Waals surface area contributed by atoms with Crippen molar-refractivity contribution in [2.24, 2.45) is 0 Å². The molecule has 0 fully saturated rings. The van der Waals surface area contributed by atoms with E-state index in [0.717, 1.165) is 12.8 Å². The summed E-state index contributed by atoms with van der Waals surface area (Å²) in [6.45, 7) is 4.22. The molecule has 0 saturated carbocycles. The second-order valence-electron chi connectivity index (χ2n) is 3.43.